The largest absolute Gasteiger partial charge is 0.488 e. The Hall–Kier alpha value is -3.77. The molecule has 0 spiro atoms. The normalized spacial score (nSPS) is 11.5. The molecule has 4 aromatic carbocycles. The first-order valence-corrected chi connectivity index (χ1v) is 13.3. The zero-order valence-corrected chi connectivity index (χ0v) is 22.5. The molecule has 0 aliphatic carbocycles. The lowest BCUT2D eigenvalue weighted by molar-refractivity contribution is 0.306. The second-order valence-electron chi connectivity index (χ2n) is 9.13. The summed E-state index contributed by atoms with van der Waals surface area (Å²) in [7, 11) is 0. The molecule has 5 aromatic rings. The molecule has 0 saturated carbocycles. The van der Waals surface area contributed by atoms with Crippen LogP contribution in [0.15, 0.2) is 93.2 Å². The molecule has 0 aliphatic rings. The smallest absolute Gasteiger partial charge is 0.282 e. The second kappa shape index (κ2) is 11.1. The molecule has 1 heterocycles. The first kappa shape index (κ1) is 24.9. The third-order valence-electron chi connectivity index (χ3n) is 6.34. The molecule has 1 aromatic heterocycles. The van der Waals surface area contributed by atoms with Crippen molar-refractivity contribution in [3.63, 3.8) is 0 Å². The summed E-state index contributed by atoms with van der Waals surface area (Å²) < 4.78 is 8.56. The predicted molar refractivity (Wildman–Crippen MR) is 155 cm³/mol. The summed E-state index contributed by atoms with van der Waals surface area (Å²) in [4.78, 5) is 18.3. The summed E-state index contributed by atoms with van der Waals surface area (Å²) in [5.74, 6) is 1.36. The summed E-state index contributed by atoms with van der Waals surface area (Å²) in [6.45, 7) is 4.63. The standard InChI is InChI=1S/C31H28BrN3O2/c1-3-4-12-30-34-28-15-14-24(32)18-26(28)31(36)35(30)33-19-27-25-11-6-5-10-23(25)13-16-29(27)37-20-22-9-7-8-21(2)17-22/h5-11,13-19H,3-4,12,20H2,1-2H3. The zero-order valence-electron chi connectivity index (χ0n) is 20.9. The summed E-state index contributed by atoms with van der Waals surface area (Å²) in [5, 5.41) is 7.32. The monoisotopic (exact) mass is 553 g/mol. The Morgan fingerprint density at radius 1 is 1.00 bits per heavy atom. The van der Waals surface area contributed by atoms with Gasteiger partial charge in [-0.3, -0.25) is 4.79 Å². The number of aryl methyl sites for hydroxylation is 2. The van der Waals surface area contributed by atoms with Gasteiger partial charge in [-0.2, -0.15) is 9.78 Å². The van der Waals surface area contributed by atoms with Crippen LogP contribution in [0.4, 0.5) is 0 Å². The van der Waals surface area contributed by atoms with Crippen LogP contribution in [0.5, 0.6) is 5.75 Å². The Morgan fingerprint density at radius 3 is 2.70 bits per heavy atom. The van der Waals surface area contributed by atoms with Gasteiger partial charge < -0.3 is 4.74 Å². The summed E-state index contributed by atoms with van der Waals surface area (Å²) in [6.07, 6.45) is 4.32. The van der Waals surface area contributed by atoms with E-state index in [9.17, 15) is 4.79 Å². The number of fused-ring (bicyclic) bond motifs is 2. The van der Waals surface area contributed by atoms with Crippen LogP contribution in [-0.4, -0.2) is 15.9 Å². The molecule has 0 fully saturated rings. The third kappa shape index (κ3) is 5.49. The molecule has 0 saturated heterocycles. The van der Waals surface area contributed by atoms with E-state index in [0.29, 0.717) is 35.5 Å². The van der Waals surface area contributed by atoms with E-state index in [1.165, 1.54) is 10.2 Å². The maximum Gasteiger partial charge on any atom is 0.282 e. The average molecular weight is 554 g/mol. The minimum absolute atomic E-state index is 0.184. The van der Waals surface area contributed by atoms with E-state index in [1.807, 2.05) is 48.5 Å². The van der Waals surface area contributed by atoms with Crippen molar-refractivity contribution in [2.75, 3.05) is 0 Å². The first-order chi connectivity index (χ1) is 18.0. The number of aromatic nitrogens is 2. The van der Waals surface area contributed by atoms with Crippen LogP contribution in [0.25, 0.3) is 21.7 Å². The molecule has 6 heteroatoms. The highest BCUT2D eigenvalue weighted by Gasteiger charge is 2.13. The highest BCUT2D eigenvalue weighted by atomic mass is 79.9. The van der Waals surface area contributed by atoms with E-state index in [4.69, 9.17) is 14.8 Å². The van der Waals surface area contributed by atoms with Crippen molar-refractivity contribution >= 4 is 43.8 Å². The molecular formula is C31H28BrN3O2. The number of rotatable bonds is 8. The lowest BCUT2D eigenvalue weighted by Gasteiger charge is -2.13. The number of hydrogen-bond acceptors (Lipinski definition) is 4. The molecule has 0 atom stereocenters. The van der Waals surface area contributed by atoms with Gasteiger partial charge in [0.1, 0.15) is 18.2 Å². The van der Waals surface area contributed by atoms with Gasteiger partial charge in [-0.25, -0.2) is 4.98 Å². The fourth-order valence-electron chi connectivity index (χ4n) is 4.42. The van der Waals surface area contributed by atoms with E-state index >= 15 is 0 Å². The second-order valence-corrected chi connectivity index (χ2v) is 10.0. The molecule has 0 unspecified atom stereocenters. The quantitative estimate of drug-likeness (QED) is 0.188. The number of nitrogens with zero attached hydrogens (tertiary/aromatic N) is 3. The van der Waals surface area contributed by atoms with Crippen molar-refractivity contribution in [2.45, 2.75) is 39.7 Å². The highest BCUT2D eigenvalue weighted by Crippen LogP contribution is 2.28. The fraction of sp³-hybridized carbons (Fsp3) is 0.194. The van der Waals surface area contributed by atoms with E-state index in [2.05, 4.69) is 54.0 Å². The summed E-state index contributed by atoms with van der Waals surface area (Å²) in [6, 6.07) is 26.0. The number of hydrogen-bond donors (Lipinski definition) is 0. The number of halogens is 1. The molecule has 0 N–H and O–H groups in total. The van der Waals surface area contributed by atoms with Crippen LogP contribution >= 0.6 is 15.9 Å². The summed E-state index contributed by atoms with van der Waals surface area (Å²) >= 11 is 3.47. The number of ether oxygens (including phenoxy) is 1. The predicted octanol–water partition coefficient (Wildman–Crippen LogP) is 7.42. The SMILES string of the molecule is CCCCc1nc2ccc(Br)cc2c(=O)n1N=Cc1c(OCc2cccc(C)c2)ccc2ccccc12. The molecule has 0 bridgehead atoms. The van der Waals surface area contributed by atoms with Crippen LogP contribution in [0.2, 0.25) is 0 Å². The third-order valence-corrected chi connectivity index (χ3v) is 6.83. The van der Waals surface area contributed by atoms with E-state index < -0.39 is 0 Å². The Bertz CT molecular complexity index is 1670. The minimum Gasteiger partial charge on any atom is -0.488 e. The van der Waals surface area contributed by atoms with Crippen molar-refractivity contribution in [3.05, 3.63) is 116 Å². The number of unbranched alkanes of at least 4 members (excludes halogenated alkanes) is 1. The lowest BCUT2D eigenvalue weighted by Crippen LogP contribution is -2.22. The van der Waals surface area contributed by atoms with E-state index in [0.717, 1.165) is 39.2 Å². The van der Waals surface area contributed by atoms with E-state index in [1.54, 1.807) is 12.3 Å². The van der Waals surface area contributed by atoms with Crippen LogP contribution in [0.1, 0.15) is 42.3 Å². The molecule has 5 rings (SSSR count). The van der Waals surface area contributed by atoms with Crippen molar-refractivity contribution < 1.29 is 4.74 Å². The van der Waals surface area contributed by atoms with Crippen LogP contribution < -0.4 is 10.3 Å². The van der Waals surface area contributed by atoms with Gasteiger partial charge in [0.2, 0.25) is 0 Å². The Morgan fingerprint density at radius 2 is 1.86 bits per heavy atom. The molecule has 0 radical (unpaired) electrons. The average Bonchev–Trinajstić information content (AvgIpc) is 2.91. The van der Waals surface area contributed by atoms with Crippen LogP contribution in [0.3, 0.4) is 0 Å². The van der Waals surface area contributed by atoms with Crippen molar-refractivity contribution in [1.82, 2.24) is 9.66 Å². The van der Waals surface area contributed by atoms with Crippen LogP contribution in [0, 0.1) is 6.92 Å². The van der Waals surface area contributed by atoms with Gasteiger partial charge >= 0.3 is 0 Å². The van der Waals surface area contributed by atoms with Gasteiger partial charge in [0.25, 0.3) is 5.56 Å². The minimum atomic E-state index is -0.184. The van der Waals surface area contributed by atoms with Gasteiger partial charge in [-0.05, 0) is 53.9 Å². The van der Waals surface area contributed by atoms with Crippen molar-refractivity contribution in [3.8, 4) is 5.75 Å². The molecule has 0 amide bonds. The fourth-order valence-corrected chi connectivity index (χ4v) is 4.78. The molecule has 0 aliphatic heterocycles. The highest BCUT2D eigenvalue weighted by molar-refractivity contribution is 9.10. The number of benzene rings is 4. The first-order valence-electron chi connectivity index (χ1n) is 12.5. The van der Waals surface area contributed by atoms with E-state index in [-0.39, 0.29) is 5.56 Å². The van der Waals surface area contributed by atoms with Crippen molar-refractivity contribution in [2.24, 2.45) is 5.10 Å². The maximum absolute atomic E-state index is 13.5. The Kier molecular flexibility index (Phi) is 7.47. The van der Waals surface area contributed by atoms with Crippen LogP contribution in [-0.2, 0) is 13.0 Å². The Balaban J connectivity index is 1.61. The van der Waals surface area contributed by atoms with Gasteiger partial charge in [-0.15, -0.1) is 0 Å². The molecule has 5 nitrogen and oxygen atoms in total. The zero-order chi connectivity index (χ0) is 25.8. The molecular weight excluding hydrogens is 526 g/mol. The topological polar surface area (TPSA) is 56.5 Å². The molecule has 37 heavy (non-hydrogen) atoms. The van der Waals surface area contributed by atoms with Gasteiger partial charge in [0.05, 0.1) is 17.1 Å². The maximum atomic E-state index is 13.5. The Labute approximate surface area is 224 Å². The summed E-state index contributed by atoms with van der Waals surface area (Å²) in [5.41, 5.74) is 3.61. The van der Waals surface area contributed by atoms with Crippen molar-refractivity contribution in [1.29, 1.82) is 0 Å². The molecule has 186 valence electrons. The van der Waals surface area contributed by atoms with Gasteiger partial charge in [-0.1, -0.05) is 89.4 Å². The lowest BCUT2D eigenvalue weighted by atomic mass is 10.0. The van der Waals surface area contributed by atoms with Gasteiger partial charge in [0.15, 0.2) is 0 Å². The van der Waals surface area contributed by atoms with Gasteiger partial charge in [0, 0.05) is 16.5 Å².